The number of nitrogens with one attached hydrogen (secondary N) is 2. The molecule has 0 spiro atoms. The van der Waals surface area contributed by atoms with E-state index in [1.54, 1.807) is 10.9 Å². The lowest BCUT2D eigenvalue weighted by molar-refractivity contribution is 0.469. The van der Waals surface area contributed by atoms with Gasteiger partial charge in [0, 0.05) is 52.9 Å². The second-order valence-corrected chi connectivity index (χ2v) is 7.74. The predicted octanol–water partition coefficient (Wildman–Crippen LogP) is 5.02. The molecule has 0 aliphatic carbocycles. The maximum atomic E-state index is 13.9. The number of aromatic hydroxyl groups is 1. The lowest BCUT2D eigenvalue weighted by atomic mass is 10.0. The fourth-order valence-corrected chi connectivity index (χ4v) is 4.09. The third-order valence-electron chi connectivity index (χ3n) is 5.56. The molecule has 0 bridgehead atoms. The molecular formula is C24H17FN6O. The maximum Gasteiger partial charge on any atom is 0.127 e. The SMILES string of the molecule is Cn1cc(-c2ccc3[nH]nc(-c4cc5c(-c6cc(O)cc(F)c6)nccc5[nH]4)c3c2)cn1. The van der Waals surface area contributed by atoms with Crippen LogP contribution in [-0.4, -0.2) is 35.1 Å². The minimum absolute atomic E-state index is 0.143. The molecule has 156 valence electrons. The molecule has 0 unspecified atom stereocenters. The number of nitrogens with zero attached hydrogens (tertiary/aromatic N) is 4. The summed E-state index contributed by atoms with van der Waals surface area (Å²) >= 11 is 0. The molecule has 8 heteroatoms. The van der Waals surface area contributed by atoms with E-state index in [0.717, 1.165) is 50.4 Å². The van der Waals surface area contributed by atoms with E-state index in [0.29, 0.717) is 11.3 Å². The second-order valence-electron chi connectivity index (χ2n) is 7.74. The Morgan fingerprint density at radius 1 is 0.906 bits per heavy atom. The molecule has 0 atom stereocenters. The number of hydrogen-bond donors (Lipinski definition) is 3. The van der Waals surface area contributed by atoms with Crippen molar-refractivity contribution < 1.29 is 9.50 Å². The number of benzene rings is 2. The van der Waals surface area contributed by atoms with Crippen molar-refractivity contribution in [1.82, 2.24) is 29.9 Å². The van der Waals surface area contributed by atoms with Gasteiger partial charge < -0.3 is 10.1 Å². The van der Waals surface area contributed by atoms with Crippen LogP contribution in [0.4, 0.5) is 4.39 Å². The first kappa shape index (κ1) is 18.3. The molecular weight excluding hydrogens is 407 g/mol. The van der Waals surface area contributed by atoms with E-state index in [4.69, 9.17) is 0 Å². The quantitative estimate of drug-likeness (QED) is 0.372. The van der Waals surface area contributed by atoms with Crippen LogP contribution in [0.1, 0.15) is 0 Å². The highest BCUT2D eigenvalue weighted by atomic mass is 19.1. The molecule has 2 aromatic carbocycles. The molecule has 7 nitrogen and oxygen atoms in total. The number of pyridine rings is 1. The Morgan fingerprint density at radius 2 is 1.78 bits per heavy atom. The highest BCUT2D eigenvalue weighted by Crippen LogP contribution is 2.35. The minimum Gasteiger partial charge on any atom is -0.508 e. The monoisotopic (exact) mass is 424 g/mol. The summed E-state index contributed by atoms with van der Waals surface area (Å²) in [7, 11) is 1.89. The Balaban J connectivity index is 1.51. The number of phenolic OH excluding ortho intramolecular Hbond substituents is 1. The highest BCUT2D eigenvalue weighted by molar-refractivity contribution is 6.00. The smallest absolute Gasteiger partial charge is 0.127 e. The molecule has 4 heterocycles. The van der Waals surface area contributed by atoms with Crippen molar-refractivity contribution in [3.63, 3.8) is 0 Å². The molecule has 0 saturated heterocycles. The van der Waals surface area contributed by atoms with Crippen molar-refractivity contribution in [2.45, 2.75) is 0 Å². The van der Waals surface area contributed by atoms with Crippen LogP contribution in [0.15, 0.2) is 67.1 Å². The van der Waals surface area contributed by atoms with Gasteiger partial charge in [0.1, 0.15) is 17.3 Å². The number of phenols is 1. The van der Waals surface area contributed by atoms with Crippen molar-refractivity contribution in [2.24, 2.45) is 7.05 Å². The van der Waals surface area contributed by atoms with E-state index in [9.17, 15) is 9.50 Å². The zero-order valence-electron chi connectivity index (χ0n) is 17.0. The van der Waals surface area contributed by atoms with E-state index in [2.05, 4.69) is 31.3 Å². The Bertz CT molecular complexity index is 1610. The molecule has 6 aromatic rings. The first-order valence-corrected chi connectivity index (χ1v) is 10.0. The summed E-state index contributed by atoms with van der Waals surface area (Å²) in [6.07, 6.45) is 5.45. The molecule has 4 aromatic heterocycles. The zero-order chi connectivity index (χ0) is 21.8. The van der Waals surface area contributed by atoms with Crippen LogP contribution in [0.5, 0.6) is 5.75 Å². The first-order chi connectivity index (χ1) is 15.5. The lowest BCUT2D eigenvalue weighted by Crippen LogP contribution is -1.85. The number of aromatic amines is 2. The third-order valence-corrected chi connectivity index (χ3v) is 5.56. The lowest BCUT2D eigenvalue weighted by Gasteiger charge is -2.03. The third kappa shape index (κ3) is 2.92. The second kappa shape index (κ2) is 6.78. The van der Waals surface area contributed by atoms with Crippen molar-refractivity contribution in [1.29, 1.82) is 0 Å². The normalized spacial score (nSPS) is 11.6. The fourth-order valence-electron chi connectivity index (χ4n) is 4.09. The number of halogens is 1. The molecule has 0 fully saturated rings. The van der Waals surface area contributed by atoms with Crippen LogP contribution >= 0.6 is 0 Å². The maximum absolute atomic E-state index is 13.9. The first-order valence-electron chi connectivity index (χ1n) is 10.0. The standard InChI is InChI=1S/C24H17FN6O/c1-31-12-15(11-27-31)13-2-3-21-18(8-13)24(30-29-21)22-10-19-20(28-22)4-5-26-23(19)14-6-16(25)9-17(32)7-14/h2-12,28,32H,1H3,(H,29,30). The molecule has 3 N–H and O–H groups in total. The summed E-state index contributed by atoms with van der Waals surface area (Å²) in [6.45, 7) is 0. The molecule has 0 saturated carbocycles. The molecule has 0 radical (unpaired) electrons. The van der Waals surface area contributed by atoms with Crippen LogP contribution in [0.25, 0.3) is 55.6 Å². The number of hydrogen-bond acceptors (Lipinski definition) is 4. The number of aryl methyl sites for hydroxylation is 1. The average Bonchev–Trinajstić information content (AvgIpc) is 3.49. The van der Waals surface area contributed by atoms with Crippen molar-refractivity contribution in [2.75, 3.05) is 0 Å². The summed E-state index contributed by atoms with van der Waals surface area (Å²) in [5.74, 6) is -0.661. The zero-order valence-corrected chi connectivity index (χ0v) is 17.0. The van der Waals surface area contributed by atoms with E-state index in [1.807, 2.05) is 43.7 Å². The highest BCUT2D eigenvalue weighted by Gasteiger charge is 2.16. The number of rotatable bonds is 3. The Kier molecular flexibility index (Phi) is 3.88. The topological polar surface area (TPSA) is 95.4 Å². The van der Waals surface area contributed by atoms with Gasteiger partial charge in [-0.05, 0) is 42.0 Å². The van der Waals surface area contributed by atoms with E-state index in [1.165, 1.54) is 12.1 Å². The van der Waals surface area contributed by atoms with Gasteiger partial charge in [-0.2, -0.15) is 10.2 Å². The van der Waals surface area contributed by atoms with Gasteiger partial charge in [0.25, 0.3) is 0 Å². The molecule has 6 rings (SSSR count). The van der Waals surface area contributed by atoms with E-state index in [-0.39, 0.29) is 5.75 Å². The van der Waals surface area contributed by atoms with Gasteiger partial charge in [-0.15, -0.1) is 0 Å². The largest absolute Gasteiger partial charge is 0.508 e. The van der Waals surface area contributed by atoms with Crippen LogP contribution in [0.3, 0.4) is 0 Å². The van der Waals surface area contributed by atoms with Crippen LogP contribution in [0, 0.1) is 5.82 Å². The van der Waals surface area contributed by atoms with Gasteiger partial charge in [-0.25, -0.2) is 4.39 Å². The Labute approximate surface area is 181 Å². The Hall–Kier alpha value is -4.46. The van der Waals surface area contributed by atoms with Gasteiger partial charge in [-0.3, -0.25) is 14.8 Å². The van der Waals surface area contributed by atoms with Crippen molar-refractivity contribution in [3.8, 4) is 39.5 Å². The minimum atomic E-state index is -0.518. The summed E-state index contributed by atoms with van der Waals surface area (Å²) in [4.78, 5) is 7.83. The summed E-state index contributed by atoms with van der Waals surface area (Å²) < 4.78 is 15.7. The van der Waals surface area contributed by atoms with Gasteiger partial charge in [0.15, 0.2) is 0 Å². The number of H-pyrrole nitrogens is 2. The number of aromatic nitrogens is 6. The summed E-state index contributed by atoms with van der Waals surface area (Å²) in [6, 6.07) is 13.9. The van der Waals surface area contributed by atoms with E-state index >= 15 is 0 Å². The average molecular weight is 424 g/mol. The van der Waals surface area contributed by atoms with Crippen molar-refractivity contribution in [3.05, 3.63) is 72.9 Å². The van der Waals surface area contributed by atoms with Crippen molar-refractivity contribution >= 4 is 21.8 Å². The van der Waals surface area contributed by atoms with Gasteiger partial charge in [0.05, 0.1) is 23.1 Å². The van der Waals surface area contributed by atoms with Crippen LogP contribution in [0.2, 0.25) is 0 Å². The van der Waals surface area contributed by atoms with Crippen LogP contribution in [-0.2, 0) is 7.05 Å². The predicted molar refractivity (Wildman–Crippen MR) is 120 cm³/mol. The van der Waals surface area contributed by atoms with Gasteiger partial charge in [0.2, 0.25) is 0 Å². The molecule has 32 heavy (non-hydrogen) atoms. The molecule has 0 aliphatic heterocycles. The summed E-state index contributed by atoms with van der Waals surface area (Å²) in [5.41, 5.74) is 6.49. The van der Waals surface area contributed by atoms with E-state index < -0.39 is 5.82 Å². The summed E-state index contributed by atoms with van der Waals surface area (Å²) in [5, 5.41) is 23.5. The molecule has 0 amide bonds. The number of fused-ring (bicyclic) bond motifs is 2. The Morgan fingerprint density at radius 3 is 2.59 bits per heavy atom. The molecule has 0 aliphatic rings. The fraction of sp³-hybridized carbons (Fsp3) is 0.0417. The van der Waals surface area contributed by atoms with Crippen LogP contribution < -0.4 is 0 Å². The van der Waals surface area contributed by atoms with Gasteiger partial charge >= 0.3 is 0 Å². The van der Waals surface area contributed by atoms with Gasteiger partial charge in [-0.1, -0.05) is 6.07 Å².